The van der Waals surface area contributed by atoms with Crippen LogP contribution in [0.25, 0.3) is 0 Å². The highest BCUT2D eigenvalue weighted by Crippen LogP contribution is 2.26. The van der Waals surface area contributed by atoms with Gasteiger partial charge in [0.05, 0.1) is 14.2 Å². The molecule has 0 saturated carbocycles. The first-order chi connectivity index (χ1) is 11.6. The largest absolute Gasteiger partial charge is 0.504 e. The minimum absolute atomic E-state index is 0.147. The van der Waals surface area contributed by atoms with Crippen LogP contribution < -0.4 is 20.1 Å². The van der Waals surface area contributed by atoms with Crippen molar-refractivity contribution in [2.45, 2.75) is 13.1 Å². The molecule has 130 valence electrons. The summed E-state index contributed by atoms with van der Waals surface area (Å²) in [7, 11) is 3.06. The van der Waals surface area contributed by atoms with E-state index >= 15 is 0 Å². The van der Waals surface area contributed by atoms with Gasteiger partial charge in [0.15, 0.2) is 23.0 Å². The molecule has 6 heteroatoms. The summed E-state index contributed by atoms with van der Waals surface area (Å²) in [4.78, 5) is 0. The molecule has 0 radical (unpaired) electrons. The second kappa shape index (κ2) is 9.00. The SMILES string of the molecule is COc1ccc(CNCCNCc2ccc(OC)c(O)c2)cc1O. The molecule has 0 unspecified atom stereocenters. The lowest BCUT2D eigenvalue weighted by Crippen LogP contribution is -2.26. The molecule has 0 amide bonds. The Labute approximate surface area is 142 Å². The maximum absolute atomic E-state index is 9.72. The molecule has 0 aliphatic heterocycles. The maximum Gasteiger partial charge on any atom is 0.160 e. The first-order valence-corrected chi connectivity index (χ1v) is 7.77. The van der Waals surface area contributed by atoms with Crippen LogP contribution in [0.1, 0.15) is 11.1 Å². The number of methoxy groups -OCH3 is 2. The van der Waals surface area contributed by atoms with Gasteiger partial charge in [0.1, 0.15) is 0 Å². The van der Waals surface area contributed by atoms with Crippen LogP contribution >= 0.6 is 0 Å². The Bertz CT molecular complexity index is 604. The highest BCUT2D eigenvalue weighted by atomic mass is 16.5. The van der Waals surface area contributed by atoms with Crippen molar-refractivity contribution < 1.29 is 19.7 Å². The van der Waals surface area contributed by atoms with Gasteiger partial charge in [0, 0.05) is 26.2 Å². The highest BCUT2D eigenvalue weighted by molar-refractivity contribution is 5.42. The summed E-state index contributed by atoms with van der Waals surface area (Å²) in [5, 5.41) is 26.0. The van der Waals surface area contributed by atoms with Crippen molar-refractivity contribution in [2.24, 2.45) is 0 Å². The van der Waals surface area contributed by atoms with E-state index in [1.165, 1.54) is 14.2 Å². The van der Waals surface area contributed by atoms with Gasteiger partial charge in [-0.05, 0) is 35.4 Å². The van der Waals surface area contributed by atoms with Gasteiger partial charge in [-0.15, -0.1) is 0 Å². The Morgan fingerprint density at radius 2 is 1.17 bits per heavy atom. The van der Waals surface area contributed by atoms with Crippen molar-refractivity contribution in [2.75, 3.05) is 27.3 Å². The van der Waals surface area contributed by atoms with Crippen LogP contribution in [-0.4, -0.2) is 37.5 Å². The number of rotatable bonds is 9. The van der Waals surface area contributed by atoms with Crippen LogP contribution in [-0.2, 0) is 13.1 Å². The Hall–Kier alpha value is -2.44. The number of benzene rings is 2. The molecule has 4 N–H and O–H groups in total. The number of hydrogen-bond donors (Lipinski definition) is 4. The van der Waals surface area contributed by atoms with E-state index in [4.69, 9.17) is 9.47 Å². The molecule has 0 fully saturated rings. The molecular weight excluding hydrogens is 308 g/mol. The van der Waals surface area contributed by atoms with Crippen LogP contribution in [0.2, 0.25) is 0 Å². The molecule has 0 saturated heterocycles. The molecule has 24 heavy (non-hydrogen) atoms. The lowest BCUT2D eigenvalue weighted by molar-refractivity contribution is 0.373. The standard InChI is InChI=1S/C18H24N2O4/c1-23-17-5-3-13(9-15(17)21)11-19-7-8-20-12-14-4-6-18(24-2)16(22)10-14/h3-6,9-10,19-22H,7-8,11-12H2,1-2H3. The van der Waals surface area contributed by atoms with E-state index in [0.29, 0.717) is 24.6 Å². The Kier molecular flexibility index (Phi) is 6.72. The highest BCUT2D eigenvalue weighted by Gasteiger charge is 2.03. The molecule has 0 spiro atoms. The van der Waals surface area contributed by atoms with Gasteiger partial charge in [-0.2, -0.15) is 0 Å². The predicted molar refractivity (Wildman–Crippen MR) is 92.7 cm³/mol. The number of nitrogens with one attached hydrogen (secondary N) is 2. The summed E-state index contributed by atoms with van der Waals surface area (Å²) >= 11 is 0. The van der Waals surface area contributed by atoms with E-state index < -0.39 is 0 Å². The van der Waals surface area contributed by atoms with Gasteiger partial charge in [0.2, 0.25) is 0 Å². The average molecular weight is 332 g/mol. The monoisotopic (exact) mass is 332 g/mol. The van der Waals surface area contributed by atoms with Crippen molar-refractivity contribution in [3.05, 3.63) is 47.5 Å². The van der Waals surface area contributed by atoms with Gasteiger partial charge in [-0.3, -0.25) is 0 Å². The molecule has 6 nitrogen and oxygen atoms in total. The summed E-state index contributed by atoms with van der Waals surface area (Å²) in [6.45, 7) is 2.91. The van der Waals surface area contributed by atoms with E-state index in [-0.39, 0.29) is 11.5 Å². The number of ether oxygens (including phenoxy) is 2. The first-order valence-electron chi connectivity index (χ1n) is 7.77. The van der Waals surface area contributed by atoms with Crippen LogP contribution in [0.4, 0.5) is 0 Å². The third-order valence-corrected chi connectivity index (χ3v) is 3.62. The zero-order valence-electron chi connectivity index (χ0n) is 14.0. The van der Waals surface area contributed by atoms with Crippen molar-refractivity contribution in [1.29, 1.82) is 0 Å². The van der Waals surface area contributed by atoms with E-state index in [1.54, 1.807) is 24.3 Å². The molecule has 0 heterocycles. The second-order valence-corrected chi connectivity index (χ2v) is 5.37. The number of phenolic OH excluding ortho intramolecular Hbond substituents is 2. The second-order valence-electron chi connectivity index (χ2n) is 5.37. The molecule has 0 bridgehead atoms. The lowest BCUT2D eigenvalue weighted by Gasteiger charge is -2.09. The van der Waals surface area contributed by atoms with Crippen molar-refractivity contribution in [1.82, 2.24) is 10.6 Å². The van der Waals surface area contributed by atoms with E-state index in [1.807, 2.05) is 12.1 Å². The fourth-order valence-electron chi connectivity index (χ4n) is 2.33. The van der Waals surface area contributed by atoms with Gasteiger partial charge in [-0.1, -0.05) is 12.1 Å². The molecular formula is C18H24N2O4. The van der Waals surface area contributed by atoms with Crippen molar-refractivity contribution in [3.8, 4) is 23.0 Å². The van der Waals surface area contributed by atoms with Crippen molar-refractivity contribution >= 4 is 0 Å². The fourth-order valence-corrected chi connectivity index (χ4v) is 2.33. The van der Waals surface area contributed by atoms with Gasteiger partial charge >= 0.3 is 0 Å². The third kappa shape index (κ3) is 5.04. The minimum Gasteiger partial charge on any atom is -0.504 e. The number of phenols is 2. The molecule has 0 aliphatic carbocycles. The third-order valence-electron chi connectivity index (χ3n) is 3.62. The molecule has 0 atom stereocenters. The first kappa shape index (κ1) is 17.9. The van der Waals surface area contributed by atoms with E-state index in [9.17, 15) is 10.2 Å². The van der Waals surface area contributed by atoms with Crippen LogP contribution in [0.15, 0.2) is 36.4 Å². The average Bonchev–Trinajstić information content (AvgIpc) is 2.58. The van der Waals surface area contributed by atoms with E-state index in [2.05, 4.69) is 10.6 Å². The summed E-state index contributed by atoms with van der Waals surface area (Å²) < 4.78 is 10.0. The molecule has 2 aromatic rings. The van der Waals surface area contributed by atoms with Gasteiger partial charge < -0.3 is 30.3 Å². The molecule has 0 aromatic heterocycles. The summed E-state index contributed by atoms with van der Waals surface area (Å²) in [6, 6.07) is 10.7. The smallest absolute Gasteiger partial charge is 0.160 e. The summed E-state index contributed by atoms with van der Waals surface area (Å²) in [5.41, 5.74) is 1.99. The molecule has 2 rings (SSSR count). The van der Waals surface area contributed by atoms with Crippen molar-refractivity contribution in [3.63, 3.8) is 0 Å². The molecule has 2 aromatic carbocycles. The van der Waals surface area contributed by atoms with Crippen LogP contribution in [0.3, 0.4) is 0 Å². The van der Waals surface area contributed by atoms with Crippen LogP contribution in [0, 0.1) is 0 Å². The topological polar surface area (TPSA) is 83.0 Å². The lowest BCUT2D eigenvalue weighted by atomic mass is 10.2. The zero-order valence-corrected chi connectivity index (χ0v) is 14.0. The van der Waals surface area contributed by atoms with Gasteiger partial charge in [0.25, 0.3) is 0 Å². The van der Waals surface area contributed by atoms with Gasteiger partial charge in [-0.25, -0.2) is 0 Å². The quantitative estimate of drug-likeness (QED) is 0.526. The Balaban J connectivity index is 1.66. The number of aromatic hydroxyl groups is 2. The predicted octanol–water partition coefficient (Wildman–Crippen LogP) is 1.99. The summed E-state index contributed by atoms with van der Waals surface area (Å²) in [5.74, 6) is 1.25. The molecule has 0 aliphatic rings. The summed E-state index contributed by atoms with van der Waals surface area (Å²) in [6.07, 6.45) is 0. The van der Waals surface area contributed by atoms with Crippen LogP contribution in [0.5, 0.6) is 23.0 Å². The normalized spacial score (nSPS) is 10.6. The van der Waals surface area contributed by atoms with E-state index in [0.717, 1.165) is 24.2 Å². The Morgan fingerprint density at radius 1 is 0.750 bits per heavy atom. The zero-order chi connectivity index (χ0) is 17.4. The minimum atomic E-state index is 0.147. The number of hydrogen-bond acceptors (Lipinski definition) is 6. The Morgan fingerprint density at radius 3 is 1.50 bits per heavy atom. The maximum atomic E-state index is 9.72. The fraction of sp³-hybridized carbons (Fsp3) is 0.333.